The zero-order valence-corrected chi connectivity index (χ0v) is 7.38. The van der Waals surface area contributed by atoms with Gasteiger partial charge >= 0.3 is 0 Å². The minimum Gasteiger partial charge on any atom is -0.347 e. The number of nitrogens with one attached hydrogen (secondary N) is 1. The van der Waals surface area contributed by atoms with Crippen LogP contribution in [0.1, 0.15) is 17.3 Å². The zero-order chi connectivity index (χ0) is 9.80. The molecule has 0 radical (unpaired) electrons. The van der Waals surface area contributed by atoms with Crippen LogP contribution < -0.4 is 0 Å². The van der Waals surface area contributed by atoms with Crippen molar-refractivity contribution in [3.8, 4) is 6.07 Å². The SMILES string of the molecule is N#CC(c1cccnc1)c1ncc[nH]1. The third-order valence-electron chi connectivity index (χ3n) is 1.94. The van der Waals surface area contributed by atoms with Crippen molar-refractivity contribution in [1.29, 1.82) is 5.26 Å². The van der Waals surface area contributed by atoms with Crippen LogP contribution in [-0.4, -0.2) is 15.0 Å². The Morgan fingerprint density at radius 2 is 2.36 bits per heavy atom. The number of H-pyrrole nitrogens is 1. The number of nitrogens with zero attached hydrogens (tertiary/aromatic N) is 3. The van der Waals surface area contributed by atoms with Crippen LogP contribution in [0, 0.1) is 11.3 Å². The summed E-state index contributed by atoms with van der Waals surface area (Å²) < 4.78 is 0. The molecule has 0 aliphatic carbocycles. The first kappa shape index (κ1) is 8.45. The highest BCUT2D eigenvalue weighted by atomic mass is 14.9. The van der Waals surface area contributed by atoms with Crippen molar-refractivity contribution < 1.29 is 0 Å². The van der Waals surface area contributed by atoms with Crippen molar-refractivity contribution >= 4 is 0 Å². The molecule has 0 spiro atoms. The van der Waals surface area contributed by atoms with Crippen LogP contribution in [0.2, 0.25) is 0 Å². The summed E-state index contributed by atoms with van der Waals surface area (Å²) in [5, 5.41) is 9.01. The molecule has 2 heterocycles. The summed E-state index contributed by atoms with van der Waals surface area (Å²) in [4.78, 5) is 11.0. The topological polar surface area (TPSA) is 65.4 Å². The van der Waals surface area contributed by atoms with Gasteiger partial charge in [0, 0.05) is 24.8 Å². The fourth-order valence-corrected chi connectivity index (χ4v) is 1.28. The first-order chi connectivity index (χ1) is 6.92. The summed E-state index contributed by atoms with van der Waals surface area (Å²) in [6.45, 7) is 0. The van der Waals surface area contributed by atoms with Gasteiger partial charge in [0.2, 0.25) is 0 Å². The number of imidazole rings is 1. The molecule has 14 heavy (non-hydrogen) atoms. The highest BCUT2D eigenvalue weighted by Gasteiger charge is 2.14. The van der Waals surface area contributed by atoms with E-state index in [1.165, 1.54) is 0 Å². The van der Waals surface area contributed by atoms with Gasteiger partial charge in [0.1, 0.15) is 11.7 Å². The fourth-order valence-electron chi connectivity index (χ4n) is 1.28. The van der Waals surface area contributed by atoms with Crippen LogP contribution in [0.25, 0.3) is 0 Å². The molecule has 0 aliphatic heterocycles. The fraction of sp³-hybridized carbons (Fsp3) is 0.100. The first-order valence-corrected chi connectivity index (χ1v) is 4.20. The Kier molecular flexibility index (Phi) is 2.24. The molecule has 0 saturated heterocycles. The van der Waals surface area contributed by atoms with Gasteiger partial charge in [-0.05, 0) is 11.6 Å². The van der Waals surface area contributed by atoms with Gasteiger partial charge in [-0.3, -0.25) is 4.98 Å². The Hall–Kier alpha value is -2.15. The van der Waals surface area contributed by atoms with Crippen LogP contribution in [0.3, 0.4) is 0 Å². The van der Waals surface area contributed by atoms with Crippen LogP contribution >= 0.6 is 0 Å². The molecule has 2 aromatic heterocycles. The molecule has 4 nitrogen and oxygen atoms in total. The van der Waals surface area contributed by atoms with Crippen molar-refractivity contribution in [3.05, 3.63) is 48.3 Å². The van der Waals surface area contributed by atoms with Gasteiger partial charge in [-0.15, -0.1) is 0 Å². The lowest BCUT2D eigenvalue weighted by Crippen LogP contribution is -2.00. The van der Waals surface area contributed by atoms with Crippen molar-refractivity contribution in [3.63, 3.8) is 0 Å². The Labute approximate surface area is 81.3 Å². The summed E-state index contributed by atoms with van der Waals surface area (Å²) in [6, 6.07) is 5.86. The summed E-state index contributed by atoms with van der Waals surface area (Å²) in [5.74, 6) is 0.291. The lowest BCUT2D eigenvalue weighted by Gasteiger charge is -2.04. The molecular formula is C10H8N4. The lowest BCUT2D eigenvalue weighted by atomic mass is 10.0. The third-order valence-corrected chi connectivity index (χ3v) is 1.94. The van der Waals surface area contributed by atoms with E-state index in [2.05, 4.69) is 21.0 Å². The Morgan fingerprint density at radius 3 is 2.93 bits per heavy atom. The molecule has 2 aromatic rings. The van der Waals surface area contributed by atoms with Gasteiger partial charge in [0.25, 0.3) is 0 Å². The average Bonchev–Trinajstić information content (AvgIpc) is 2.74. The summed E-state index contributed by atoms with van der Waals surface area (Å²) >= 11 is 0. The van der Waals surface area contributed by atoms with E-state index in [4.69, 9.17) is 5.26 Å². The summed E-state index contributed by atoms with van der Waals surface area (Å²) in [7, 11) is 0. The van der Waals surface area contributed by atoms with E-state index in [-0.39, 0.29) is 5.92 Å². The van der Waals surface area contributed by atoms with E-state index in [1.54, 1.807) is 24.8 Å². The quantitative estimate of drug-likeness (QED) is 0.768. The number of rotatable bonds is 2. The van der Waals surface area contributed by atoms with Crippen LogP contribution in [0.15, 0.2) is 36.9 Å². The van der Waals surface area contributed by atoms with Gasteiger partial charge in [0.05, 0.1) is 6.07 Å². The number of aromatic amines is 1. The molecule has 0 fully saturated rings. The number of pyridine rings is 1. The first-order valence-electron chi connectivity index (χ1n) is 4.20. The molecule has 1 unspecified atom stereocenters. The maximum absolute atomic E-state index is 9.01. The van der Waals surface area contributed by atoms with E-state index in [0.29, 0.717) is 5.82 Å². The molecule has 0 amide bonds. The van der Waals surface area contributed by atoms with Crippen molar-refractivity contribution in [1.82, 2.24) is 15.0 Å². The molecule has 68 valence electrons. The predicted molar refractivity (Wildman–Crippen MR) is 50.3 cm³/mol. The van der Waals surface area contributed by atoms with Gasteiger partial charge in [0.15, 0.2) is 0 Å². The molecule has 0 saturated carbocycles. The molecule has 0 aromatic carbocycles. The number of hydrogen-bond acceptors (Lipinski definition) is 3. The average molecular weight is 184 g/mol. The van der Waals surface area contributed by atoms with E-state index in [0.717, 1.165) is 5.56 Å². The van der Waals surface area contributed by atoms with E-state index in [1.807, 2.05) is 12.1 Å². The third kappa shape index (κ3) is 1.48. The Morgan fingerprint density at radius 1 is 1.43 bits per heavy atom. The molecule has 4 heteroatoms. The van der Waals surface area contributed by atoms with Crippen LogP contribution in [-0.2, 0) is 0 Å². The van der Waals surface area contributed by atoms with E-state index < -0.39 is 0 Å². The van der Waals surface area contributed by atoms with Crippen LogP contribution in [0.4, 0.5) is 0 Å². The Bertz CT molecular complexity index is 427. The van der Waals surface area contributed by atoms with Crippen molar-refractivity contribution in [2.75, 3.05) is 0 Å². The molecular weight excluding hydrogens is 176 g/mol. The van der Waals surface area contributed by atoms with Crippen molar-refractivity contribution in [2.45, 2.75) is 5.92 Å². The normalized spacial score (nSPS) is 11.9. The van der Waals surface area contributed by atoms with Crippen molar-refractivity contribution in [2.24, 2.45) is 0 Å². The summed E-state index contributed by atoms with van der Waals surface area (Å²) in [5.41, 5.74) is 0.852. The van der Waals surface area contributed by atoms with Gasteiger partial charge < -0.3 is 4.98 Å². The maximum atomic E-state index is 9.01. The minimum atomic E-state index is -0.362. The molecule has 0 aliphatic rings. The lowest BCUT2D eigenvalue weighted by molar-refractivity contribution is 0.918. The monoisotopic (exact) mass is 184 g/mol. The van der Waals surface area contributed by atoms with Crippen LogP contribution in [0.5, 0.6) is 0 Å². The number of nitriles is 1. The molecule has 0 bridgehead atoms. The second-order valence-corrected chi connectivity index (χ2v) is 2.82. The largest absolute Gasteiger partial charge is 0.347 e. The standard InChI is InChI=1S/C10H8N4/c11-6-9(10-13-4-5-14-10)8-2-1-3-12-7-8/h1-5,7,9H,(H,13,14). The zero-order valence-electron chi connectivity index (χ0n) is 7.38. The number of aromatic nitrogens is 3. The second-order valence-electron chi connectivity index (χ2n) is 2.82. The highest BCUT2D eigenvalue weighted by molar-refractivity contribution is 5.29. The molecule has 1 N–H and O–H groups in total. The van der Waals surface area contributed by atoms with Gasteiger partial charge in [-0.2, -0.15) is 5.26 Å². The Balaban J connectivity index is 2.38. The molecule has 2 rings (SSSR count). The number of hydrogen-bond donors (Lipinski definition) is 1. The van der Waals surface area contributed by atoms with Gasteiger partial charge in [-0.1, -0.05) is 6.07 Å². The maximum Gasteiger partial charge on any atom is 0.130 e. The second kappa shape index (κ2) is 3.71. The smallest absolute Gasteiger partial charge is 0.130 e. The summed E-state index contributed by atoms with van der Waals surface area (Å²) in [6.07, 6.45) is 6.70. The highest BCUT2D eigenvalue weighted by Crippen LogP contribution is 2.19. The van der Waals surface area contributed by atoms with E-state index >= 15 is 0 Å². The molecule has 1 atom stereocenters. The minimum absolute atomic E-state index is 0.362. The predicted octanol–water partition coefficient (Wildman–Crippen LogP) is 1.46. The van der Waals surface area contributed by atoms with E-state index in [9.17, 15) is 0 Å². The van der Waals surface area contributed by atoms with Gasteiger partial charge in [-0.25, -0.2) is 4.98 Å².